The first kappa shape index (κ1) is 16.0. The van der Waals surface area contributed by atoms with E-state index in [-0.39, 0.29) is 16.3 Å². The average molecular weight is 299 g/mol. The number of rotatable bonds is 4. The summed E-state index contributed by atoms with van der Waals surface area (Å²) in [6, 6.07) is 4.24. The van der Waals surface area contributed by atoms with Crippen LogP contribution in [0, 0.1) is 0 Å². The Morgan fingerprint density at radius 2 is 1.95 bits per heavy atom. The van der Waals surface area contributed by atoms with Crippen LogP contribution in [0.3, 0.4) is 0 Å². The number of anilines is 1. The Labute approximate surface area is 121 Å². The zero-order valence-electron chi connectivity index (χ0n) is 11.2. The summed E-state index contributed by atoms with van der Waals surface area (Å²) in [7, 11) is 1.24. The molecule has 0 aromatic heterocycles. The maximum atomic E-state index is 11.6. The highest BCUT2D eigenvalue weighted by Gasteiger charge is 2.16. The maximum Gasteiger partial charge on any atom is 0.337 e. The van der Waals surface area contributed by atoms with Crippen LogP contribution in [0.15, 0.2) is 18.2 Å². The van der Waals surface area contributed by atoms with Crippen molar-refractivity contribution in [2.24, 2.45) is 0 Å². The van der Waals surface area contributed by atoms with E-state index < -0.39 is 17.8 Å². The second kappa shape index (κ2) is 7.49. The summed E-state index contributed by atoms with van der Waals surface area (Å²) >= 11 is 5.90. The van der Waals surface area contributed by atoms with Gasteiger partial charge in [-0.2, -0.15) is 0 Å². The summed E-state index contributed by atoms with van der Waals surface area (Å²) in [5, 5.41) is 5.00. The van der Waals surface area contributed by atoms with E-state index in [4.69, 9.17) is 11.6 Å². The fourth-order valence-electron chi connectivity index (χ4n) is 1.36. The highest BCUT2D eigenvalue weighted by molar-refractivity contribution is 6.41. The molecule has 0 heterocycles. The third kappa shape index (κ3) is 4.24. The van der Waals surface area contributed by atoms with E-state index >= 15 is 0 Å². The van der Waals surface area contributed by atoms with Gasteiger partial charge in [0.2, 0.25) is 0 Å². The van der Waals surface area contributed by atoms with E-state index in [9.17, 15) is 14.4 Å². The summed E-state index contributed by atoms with van der Waals surface area (Å²) in [5.74, 6) is -2.17. The van der Waals surface area contributed by atoms with Gasteiger partial charge in [0.05, 0.1) is 23.4 Å². The van der Waals surface area contributed by atoms with Crippen LogP contribution in [0.1, 0.15) is 23.7 Å². The minimum atomic E-state index is -0.845. The van der Waals surface area contributed by atoms with E-state index in [0.29, 0.717) is 6.54 Å². The first-order valence-corrected chi connectivity index (χ1v) is 6.34. The summed E-state index contributed by atoms with van der Waals surface area (Å²) in [6.07, 6.45) is 0.720. The van der Waals surface area contributed by atoms with Crippen LogP contribution < -0.4 is 10.6 Å². The Morgan fingerprint density at radius 3 is 2.55 bits per heavy atom. The molecule has 0 aliphatic heterocycles. The standard InChI is InChI=1S/C13H15ClN2O4/c1-3-6-15-11(17)12(18)16-10-7-8(13(19)20-2)4-5-9(10)14/h4-5,7H,3,6H2,1-2H3,(H,15,17)(H,16,18). The summed E-state index contributed by atoms with van der Waals surface area (Å²) in [5.41, 5.74) is 0.396. The first-order chi connectivity index (χ1) is 9.49. The molecule has 0 radical (unpaired) electrons. The largest absolute Gasteiger partial charge is 0.465 e. The molecule has 1 rings (SSSR count). The summed E-state index contributed by atoms with van der Waals surface area (Å²) in [6.45, 7) is 2.27. The van der Waals surface area contributed by atoms with Crippen molar-refractivity contribution >= 4 is 35.1 Å². The number of ether oxygens (including phenoxy) is 1. The SMILES string of the molecule is CCCNC(=O)C(=O)Nc1cc(C(=O)OC)ccc1Cl. The van der Waals surface area contributed by atoms with E-state index in [1.165, 1.54) is 25.3 Å². The van der Waals surface area contributed by atoms with Crippen molar-refractivity contribution in [1.82, 2.24) is 5.32 Å². The van der Waals surface area contributed by atoms with Crippen LogP contribution in [0.5, 0.6) is 0 Å². The summed E-state index contributed by atoms with van der Waals surface area (Å²) < 4.78 is 4.56. The molecule has 1 aromatic carbocycles. The number of methoxy groups -OCH3 is 1. The van der Waals surface area contributed by atoms with Gasteiger partial charge in [-0.05, 0) is 24.6 Å². The molecular formula is C13H15ClN2O4. The van der Waals surface area contributed by atoms with Gasteiger partial charge >= 0.3 is 17.8 Å². The normalized spacial score (nSPS) is 9.75. The number of carbonyl (C=O) groups is 3. The maximum absolute atomic E-state index is 11.6. The fraction of sp³-hybridized carbons (Fsp3) is 0.308. The van der Waals surface area contributed by atoms with E-state index in [2.05, 4.69) is 15.4 Å². The molecule has 0 aliphatic rings. The highest BCUT2D eigenvalue weighted by Crippen LogP contribution is 2.23. The smallest absolute Gasteiger partial charge is 0.337 e. The van der Waals surface area contributed by atoms with Gasteiger partial charge in [0.1, 0.15) is 0 Å². The number of hydrogen-bond acceptors (Lipinski definition) is 4. The van der Waals surface area contributed by atoms with Crippen molar-refractivity contribution in [3.63, 3.8) is 0 Å². The number of amides is 2. The van der Waals surface area contributed by atoms with Crippen molar-refractivity contribution < 1.29 is 19.1 Å². The first-order valence-electron chi connectivity index (χ1n) is 5.96. The molecular weight excluding hydrogens is 284 g/mol. The van der Waals surface area contributed by atoms with Crippen LogP contribution in [-0.4, -0.2) is 31.4 Å². The Morgan fingerprint density at radius 1 is 1.25 bits per heavy atom. The molecule has 0 aliphatic carbocycles. The second-order valence-corrected chi connectivity index (χ2v) is 4.30. The van der Waals surface area contributed by atoms with Crippen molar-refractivity contribution in [2.45, 2.75) is 13.3 Å². The number of halogens is 1. The van der Waals surface area contributed by atoms with E-state index in [0.717, 1.165) is 6.42 Å². The van der Waals surface area contributed by atoms with Crippen molar-refractivity contribution in [1.29, 1.82) is 0 Å². The third-order valence-electron chi connectivity index (χ3n) is 2.38. The van der Waals surface area contributed by atoms with Gasteiger partial charge < -0.3 is 15.4 Å². The number of nitrogens with one attached hydrogen (secondary N) is 2. The lowest BCUT2D eigenvalue weighted by molar-refractivity contribution is -0.136. The number of esters is 1. The minimum absolute atomic E-state index is 0.172. The quantitative estimate of drug-likeness (QED) is 0.653. The van der Waals surface area contributed by atoms with Crippen LogP contribution in [0.2, 0.25) is 5.02 Å². The van der Waals surface area contributed by atoms with Gasteiger partial charge in [-0.25, -0.2) is 4.79 Å². The Hall–Kier alpha value is -2.08. The molecule has 2 N–H and O–H groups in total. The molecule has 6 nitrogen and oxygen atoms in total. The zero-order valence-corrected chi connectivity index (χ0v) is 11.9. The lowest BCUT2D eigenvalue weighted by Crippen LogP contribution is -2.35. The Bertz CT molecular complexity index is 531. The van der Waals surface area contributed by atoms with E-state index in [1.807, 2.05) is 6.92 Å². The minimum Gasteiger partial charge on any atom is -0.465 e. The topological polar surface area (TPSA) is 84.5 Å². The van der Waals surface area contributed by atoms with Crippen molar-refractivity contribution in [2.75, 3.05) is 19.0 Å². The Kier molecular flexibility index (Phi) is 5.99. The lowest BCUT2D eigenvalue weighted by atomic mass is 10.2. The fourth-order valence-corrected chi connectivity index (χ4v) is 1.53. The molecule has 0 atom stereocenters. The van der Waals surface area contributed by atoms with Crippen LogP contribution in [0.25, 0.3) is 0 Å². The predicted molar refractivity (Wildman–Crippen MR) is 74.7 cm³/mol. The van der Waals surface area contributed by atoms with Crippen LogP contribution in [0.4, 0.5) is 5.69 Å². The number of carbonyl (C=O) groups excluding carboxylic acids is 3. The number of hydrogen-bond donors (Lipinski definition) is 2. The van der Waals surface area contributed by atoms with Crippen molar-refractivity contribution in [3.05, 3.63) is 28.8 Å². The third-order valence-corrected chi connectivity index (χ3v) is 2.71. The van der Waals surface area contributed by atoms with Crippen LogP contribution in [-0.2, 0) is 14.3 Å². The van der Waals surface area contributed by atoms with Gasteiger partial charge in [-0.3, -0.25) is 9.59 Å². The second-order valence-electron chi connectivity index (χ2n) is 3.90. The monoisotopic (exact) mass is 298 g/mol. The average Bonchev–Trinajstić information content (AvgIpc) is 2.45. The predicted octanol–water partition coefficient (Wildman–Crippen LogP) is 1.59. The lowest BCUT2D eigenvalue weighted by Gasteiger charge is -2.08. The summed E-state index contributed by atoms with van der Waals surface area (Å²) in [4.78, 5) is 34.4. The zero-order chi connectivity index (χ0) is 15.1. The molecule has 0 unspecified atom stereocenters. The molecule has 7 heteroatoms. The molecule has 108 valence electrons. The Balaban J connectivity index is 2.83. The molecule has 0 bridgehead atoms. The van der Waals surface area contributed by atoms with Gasteiger partial charge in [0, 0.05) is 6.54 Å². The van der Waals surface area contributed by atoms with Gasteiger partial charge in [0.25, 0.3) is 0 Å². The molecule has 1 aromatic rings. The highest BCUT2D eigenvalue weighted by atomic mass is 35.5. The molecule has 2 amide bonds. The van der Waals surface area contributed by atoms with Gasteiger partial charge in [-0.15, -0.1) is 0 Å². The molecule has 0 saturated carbocycles. The van der Waals surface area contributed by atoms with Crippen LogP contribution >= 0.6 is 11.6 Å². The molecule has 0 saturated heterocycles. The van der Waals surface area contributed by atoms with Gasteiger partial charge in [-0.1, -0.05) is 18.5 Å². The van der Waals surface area contributed by atoms with E-state index in [1.54, 1.807) is 0 Å². The number of benzene rings is 1. The molecule has 0 spiro atoms. The molecule has 20 heavy (non-hydrogen) atoms. The van der Waals surface area contributed by atoms with Gasteiger partial charge in [0.15, 0.2) is 0 Å². The van der Waals surface area contributed by atoms with Crippen molar-refractivity contribution in [3.8, 4) is 0 Å². The molecule has 0 fully saturated rings.